The zero-order valence-electron chi connectivity index (χ0n) is 9.08. The first-order valence-corrected chi connectivity index (χ1v) is 5.17. The standard InChI is InChI=1S/C8H14.C4H3NO2/c1-3-5-7-8-6-4-2;6-3-1-2-4(7)5-3/h1H,4-8H2,2H3;1-2H,(H,5,6,7). The van der Waals surface area contributed by atoms with E-state index in [0.717, 1.165) is 6.42 Å². The van der Waals surface area contributed by atoms with Crippen LogP contribution in [0.4, 0.5) is 0 Å². The quantitative estimate of drug-likeness (QED) is 0.434. The number of carbonyl (C=O) groups is 2. The number of hydrogen-bond donors (Lipinski definition) is 1. The zero-order valence-corrected chi connectivity index (χ0v) is 9.08. The zero-order chi connectivity index (χ0) is 11.5. The van der Waals surface area contributed by atoms with Crippen molar-refractivity contribution in [1.82, 2.24) is 5.32 Å². The van der Waals surface area contributed by atoms with Gasteiger partial charge in [-0.3, -0.25) is 14.9 Å². The fourth-order valence-corrected chi connectivity index (χ4v) is 1.01. The number of hydrogen-bond acceptors (Lipinski definition) is 2. The molecule has 15 heavy (non-hydrogen) atoms. The van der Waals surface area contributed by atoms with Gasteiger partial charge in [0.1, 0.15) is 0 Å². The summed E-state index contributed by atoms with van der Waals surface area (Å²) in [6.07, 6.45) is 13.6. The first-order chi connectivity index (χ1) is 7.20. The van der Waals surface area contributed by atoms with Gasteiger partial charge in [0, 0.05) is 18.6 Å². The third-order valence-electron chi connectivity index (χ3n) is 1.81. The summed E-state index contributed by atoms with van der Waals surface area (Å²) in [4.78, 5) is 20.1. The largest absolute Gasteiger partial charge is 0.289 e. The van der Waals surface area contributed by atoms with Gasteiger partial charge in [0.25, 0.3) is 11.8 Å². The van der Waals surface area contributed by atoms with E-state index in [1.807, 2.05) is 5.32 Å². The molecule has 1 aliphatic rings. The van der Waals surface area contributed by atoms with Gasteiger partial charge in [0.15, 0.2) is 0 Å². The maximum Gasteiger partial charge on any atom is 0.250 e. The second-order valence-electron chi connectivity index (χ2n) is 3.20. The van der Waals surface area contributed by atoms with Gasteiger partial charge in [-0.25, -0.2) is 0 Å². The molecule has 3 heteroatoms. The van der Waals surface area contributed by atoms with E-state index in [1.165, 1.54) is 37.8 Å². The number of terminal acetylenes is 1. The predicted molar refractivity (Wildman–Crippen MR) is 59.9 cm³/mol. The molecule has 0 aromatic carbocycles. The molecular formula is C12H17NO2. The Hall–Kier alpha value is -1.56. The van der Waals surface area contributed by atoms with Crippen LogP contribution in [0.5, 0.6) is 0 Å². The van der Waals surface area contributed by atoms with E-state index >= 15 is 0 Å². The first kappa shape index (κ1) is 13.4. The Morgan fingerprint density at radius 2 is 1.80 bits per heavy atom. The molecule has 0 aromatic rings. The van der Waals surface area contributed by atoms with E-state index in [2.05, 4.69) is 12.8 Å². The maximum atomic E-state index is 10.0. The topological polar surface area (TPSA) is 46.2 Å². The third kappa shape index (κ3) is 8.76. The highest BCUT2D eigenvalue weighted by Gasteiger charge is 2.06. The minimum Gasteiger partial charge on any atom is -0.289 e. The SMILES string of the molecule is C#CCCCCCC.O=C1C=CC(=O)N1. The minimum atomic E-state index is -0.329. The van der Waals surface area contributed by atoms with Crippen LogP contribution in [-0.4, -0.2) is 11.8 Å². The molecule has 1 aliphatic heterocycles. The fourth-order valence-electron chi connectivity index (χ4n) is 1.01. The molecule has 0 saturated carbocycles. The van der Waals surface area contributed by atoms with Crippen molar-refractivity contribution in [3.8, 4) is 12.3 Å². The van der Waals surface area contributed by atoms with Crippen LogP contribution >= 0.6 is 0 Å². The molecule has 1 rings (SSSR count). The Morgan fingerprint density at radius 1 is 1.20 bits per heavy atom. The first-order valence-electron chi connectivity index (χ1n) is 5.17. The Labute approximate surface area is 90.9 Å². The summed E-state index contributed by atoms with van der Waals surface area (Å²) in [5, 5.41) is 2.03. The number of unbranched alkanes of at least 4 members (excludes halogenated alkanes) is 4. The molecule has 0 aromatic heterocycles. The number of amides is 2. The van der Waals surface area contributed by atoms with Crippen molar-refractivity contribution < 1.29 is 9.59 Å². The van der Waals surface area contributed by atoms with Crippen LogP contribution in [0.1, 0.15) is 39.0 Å². The van der Waals surface area contributed by atoms with Crippen molar-refractivity contribution in [3.05, 3.63) is 12.2 Å². The number of carbonyl (C=O) groups excluding carboxylic acids is 2. The average molecular weight is 207 g/mol. The lowest BCUT2D eigenvalue weighted by atomic mass is 10.2. The van der Waals surface area contributed by atoms with Gasteiger partial charge in [0.2, 0.25) is 0 Å². The monoisotopic (exact) mass is 207 g/mol. The Morgan fingerprint density at radius 3 is 2.13 bits per heavy atom. The van der Waals surface area contributed by atoms with Crippen LogP contribution in [-0.2, 0) is 9.59 Å². The Bertz CT molecular complexity index is 258. The second kappa shape index (κ2) is 9.01. The molecular weight excluding hydrogens is 190 g/mol. The molecule has 0 atom stereocenters. The molecule has 0 saturated heterocycles. The summed E-state index contributed by atoms with van der Waals surface area (Å²) in [6.45, 7) is 2.20. The van der Waals surface area contributed by atoms with Crippen LogP contribution in [0.2, 0.25) is 0 Å². The fraction of sp³-hybridized carbons (Fsp3) is 0.500. The van der Waals surface area contributed by atoms with E-state index in [4.69, 9.17) is 6.42 Å². The smallest absolute Gasteiger partial charge is 0.250 e. The summed E-state index contributed by atoms with van der Waals surface area (Å²) >= 11 is 0. The highest BCUT2D eigenvalue weighted by Crippen LogP contribution is 2.00. The van der Waals surface area contributed by atoms with Crippen molar-refractivity contribution in [2.45, 2.75) is 39.0 Å². The van der Waals surface area contributed by atoms with Crippen molar-refractivity contribution in [3.63, 3.8) is 0 Å². The van der Waals surface area contributed by atoms with Crippen LogP contribution in [0.15, 0.2) is 12.2 Å². The molecule has 0 radical (unpaired) electrons. The van der Waals surface area contributed by atoms with Gasteiger partial charge in [0.05, 0.1) is 0 Å². The summed E-state index contributed by atoms with van der Waals surface area (Å²) in [5.41, 5.74) is 0. The highest BCUT2D eigenvalue weighted by atomic mass is 16.2. The lowest BCUT2D eigenvalue weighted by Crippen LogP contribution is -2.19. The van der Waals surface area contributed by atoms with Crippen LogP contribution in [0.3, 0.4) is 0 Å². The molecule has 3 nitrogen and oxygen atoms in total. The van der Waals surface area contributed by atoms with Crippen molar-refractivity contribution in [2.75, 3.05) is 0 Å². The number of nitrogens with one attached hydrogen (secondary N) is 1. The minimum absolute atomic E-state index is 0.329. The number of rotatable bonds is 4. The molecule has 0 aliphatic carbocycles. The van der Waals surface area contributed by atoms with E-state index < -0.39 is 0 Å². The summed E-state index contributed by atoms with van der Waals surface area (Å²) in [7, 11) is 0. The van der Waals surface area contributed by atoms with Crippen molar-refractivity contribution >= 4 is 11.8 Å². The van der Waals surface area contributed by atoms with Crippen molar-refractivity contribution in [1.29, 1.82) is 0 Å². The van der Waals surface area contributed by atoms with Gasteiger partial charge in [-0.05, 0) is 6.42 Å². The van der Waals surface area contributed by atoms with E-state index in [0.29, 0.717) is 0 Å². The summed E-state index contributed by atoms with van der Waals surface area (Å²) in [5.74, 6) is 1.97. The molecule has 1 heterocycles. The van der Waals surface area contributed by atoms with Gasteiger partial charge in [-0.2, -0.15) is 0 Å². The normalized spacial score (nSPS) is 12.8. The third-order valence-corrected chi connectivity index (χ3v) is 1.81. The average Bonchev–Trinajstić information content (AvgIpc) is 2.58. The predicted octanol–water partition coefficient (Wildman–Crippen LogP) is 1.79. The molecule has 2 amide bonds. The summed E-state index contributed by atoms with van der Waals surface area (Å²) < 4.78 is 0. The van der Waals surface area contributed by atoms with Crippen LogP contribution in [0.25, 0.3) is 0 Å². The lowest BCUT2D eigenvalue weighted by Gasteiger charge is -1.90. The number of imide groups is 1. The maximum absolute atomic E-state index is 10.0. The molecule has 1 N–H and O–H groups in total. The molecule has 82 valence electrons. The summed E-state index contributed by atoms with van der Waals surface area (Å²) in [6, 6.07) is 0. The Kier molecular flexibility index (Phi) is 8.08. The Balaban J connectivity index is 0.000000262. The molecule has 0 bridgehead atoms. The van der Waals surface area contributed by atoms with E-state index in [1.54, 1.807) is 0 Å². The second-order valence-corrected chi connectivity index (χ2v) is 3.20. The van der Waals surface area contributed by atoms with Gasteiger partial charge < -0.3 is 0 Å². The molecule has 0 unspecified atom stereocenters. The van der Waals surface area contributed by atoms with Crippen LogP contribution < -0.4 is 5.32 Å². The van der Waals surface area contributed by atoms with Gasteiger partial charge >= 0.3 is 0 Å². The molecule has 0 spiro atoms. The van der Waals surface area contributed by atoms with E-state index in [9.17, 15) is 9.59 Å². The van der Waals surface area contributed by atoms with Crippen LogP contribution in [0, 0.1) is 12.3 Å². The van der Waals surface area contributed by atoms with Gasteiger partial charge in [-0.15, -0.1) is 12.3 Å². The highest BCUT2D eigenvalue weighted by molar-refractivity contribution is 6.12. The van der Waals surface area contributed by atoms with Crippen molar-refractivity contribution in [2.24, 2.45) is 0 Å². The van der Waals surface area contributed by atoms with Gasteiger partial charge in [-0.1, -0.05) is 26.2 Å². The lowest BCUT2D eigenvalue weighted by molar-refractivity contribution is -0.123. The van der Waals surface area contributed by atoms with E-state index in [-0.39, 0.29) is 11.8 Å². The molecule has 0 fully saturated rings.